The highest BCUT2D eigenvalue weighted by molar-refractivity contribution is 5.87. The van der Waals surface area contributed by atoms with Gasteiger partial charge in [0.1, 0.15) is 0 Å². The molecule has 0 aromatic heterocycles. The molecule has 0 amide bonds. The molecule has 0 saturated carbocycles. The molecular weight excluding hydrogens is 404 g/mol. The van der Waals surface area contributed by atoms with Crippen molar-refractivity contribution in [3.8, 4) is 17.6 Å². The number of alkyl halides is 3. The molecule has 3 aromatic rings. The van der Waals surface area contributed by atoms with Gasteiger partial charge in [-0.1, -0.05) is 61.6 Å². The molecule has 5 heteroatoms. The molecule has 2 unspecified atom stereocenters. The topological polar surface area (TPSA) is 9.23 Å². The second-order valence-electron chi connectivity index (χ2n) is 7.88. The number of fused-ring (bicyclic) bond motifs is 3. The summed E-state index contributed by atoms with van der Waals surface area (Å²) in [5.74, 6) is 4.77. The summed E-state index contributed by atoms with van der Waals surface area (Å²) in [5.41, 5.74) is 2.84. The third-order valence-electron chi connectivity index (χ3n) is 5.84. The average Bonchev–Trinajstić information content (AvgIpc) is 2.73. The largest absolute Gasteiger partial charge is 0.573 e. The first-order valence-corrected chi connectivity index (χ1v) is 10.4. The maximum absolute atomic E-state index is 14.1. The van der Waals surface area contributed by atoms with Crippen molar-refractivity contribution in [2.45, 2.75) is 44.9 Å². The molecule has 160 valence electrons. The molecule has 0 bridgehead atoms. The summed E-state index contributed by atoms with van der Waals surface area (Å²) >= 11 is 0. The fourth-order valence-corrected chi connectivity index (χ4v) is 4.50. The van der Waals surface area contributed by atoms with Gasteiger partial charge in [-0.25, -0.2) is 4.39 Å². The lowest BCUT2D eigenvalue weighted by molar-refractivity contribution is -0.275. The van der Waals surface area contributed by atoms with Crippen LogP contribution in [0.15, 0.2) is 54.6 Å². The minimum absolute atomic E-state index is 0.00229. The number of ether oxygens (including phenoxy) is 1. The third-order valence-corrected chi connectivity index (χ3v) is 5.84. The van der Waals surface area contributed by atoms with Gasteiger partial charge in [-0.15, -0.1) is 13.2 Å². The number of rotatable bonds is 3. The Kier molecular flexibility index (Phi) is 5.91. The molecule has 0 spiro atoms. The minimum atomic E-state index is -4.93. The van der Waals surface area contributed by atoms with Crippen LogP contribution in [0, 0.1) is 23.6 Å². The lowest BCUT2D eigenvalue weighted by Gasteiger charge is -2.31. The Hall–Kier alpha value is -3.00. The SMILES string of the molecule is CCCC1CCc2c(ccc3ccccc23)C1C#Cc1ccc(OC(F)(F)F)c(F)c1. The molecule has 1 aliphatic carbocycles. The van der Waals surface area contributed by atoms with Crippen molar-refractivity contribution in [1.29, 1.82) is 0 Å². The van der Waals surface area contributed by atoms with E-state index in [1.165, 1.54) is 28.0 Å². The van der Waals surface area contributed by atoms with Crippen molar-refractivity contribution in [2.75, 3.05) is 0 Å². The summed E-state index contributed by atoms with van der Waals surface area (Å²) in [6.07, 6.45) is -0.823. The normalized spacial score (nSPS) is 18.2. The molecule has 0 N–H and O–H groups in total. The molecule has 0 heterocycles. The van der Waals surface area contributed by atoms with Crippen LogP contribution in [0.25, 0.3) is 10.8 Å². The fourth-order valence-electron chi connectivity index (χ4n) is 4.50. The fraction of sp³-hybridized carbons (Fsp3) is 0.308. The first kappa shape index (κ1) is 21.2. The second kappa shape index (κ2) is 8.63. The zero-order chi connectivity index (χ0) is 22.0. The van der Waals surface area contributed by atoms with Gasteiger partial charge in [-0.2, -0.15) is 0 Å². The quantitative estimate of drug-likeness (QED) is 0.314. The third kappa shape index (κ3) is 4.69. The van der Waals surface area contributed by atoms with Gasteiger partial charge in [0.05, 0.1) is 0 Å². The molecule has 2 atom stereocenters. The van der Waals surface area contributed by atoms with Crippen LogP contribution in [-0.4, -0.2) is 6.36 Å². The molecule has 1 aliphatic rings. The number of aryl methyl sites for hydroxylation is 1. The van der Waals surface area contributed by atoms with Crippen molar-refractivity contribution in [3.05, 3.63) is 77.1 Å². The first-order valence-electron chi connectivity index (χ1n) is 10.4. The summed E-state index contributed by atoms with van der Waals surface area (Å²) in [5, 5.41) is 2.44. The Morgan fingerprint density at radius 2 is 1.87 bits per heavy atom. The van der Waals surface area contributed by atoms with Crippen molar-refractivity contribution < 1.29 is 22.3 Å². The van der Waals surface area contributed by atoms with Crippen molar-refractivity contribution in [3.63, 3.8) is 0 Å². The van der Waals surface area contributed by atoms with Gasteiger partial charge in [0.25, 0.3) is 0 Å². The Balaban J connectivity index is 1.70. The number of benzene rings is 3. The van der Waals surface area contributed by atoms with E-state index < -0.39 is 17.9 Å². The average molecular weight is 426 g/mol. The zero-order valence-electron chi connectivity index (χ0n) is 17.1. The van der Waals surface area contributed by atoms with Crippen LogP contribution in [-0.2, 0) is 6.42 Å². The van der Waals surface area contributed by atoms with Gasteiger partial charge in [-0.3, -0.25) is 0 Å². The summed E-state index contributed by atoms with van der Waals surface area (Å²) < 4.78 is 54.8. The smallest absolute Gasteiger partial charge is 0.403 e. The van der Waals surface area contributed by atoms with Crippen LogP contribution in [0.3, 0.4) is 0 Å². The van der Waals surface area contributed by atoms with Gasteiger partial charge in [0, 0.05) is 11.5 Å². The Labute approximate surface area is 179 Å². The molecule has 0 aliphatic heterocycles. The number of hydrogen-bond donors (Lipinski definition) is 0. The van der Waals surface area contributed by atoms with Crippen LogP contribution < -0.4 is 4.74 Å². The molecule has 4 rings (SSSR count). The minimum Gasteiger partial charge on any atom is -0.403 e. The van der Waals surface area contributed by atoms with E-state index in [0.29, 0.717) is 11.5 Å². The monoisotopic (exact) mass is 426 g/mol. The number of halogens is 4. The van der Waals surface area contributed by atoms with Crippen molar-refractivity contribution in [1.82, 2.24) is 0 Å². The van der Waals surface area contributed by atoms with Crippen molar-refractivity contribution >= 4 is 10.8 Å². The van der Waals surface area contributed by atoms with E-state index in [9.17, 15) is 17.6 Å². The lowest BCUT2D eigenvalue weighted by Crippen LogP contribution is -2.20. The summed E-state index contributed by atoms with van der Waals surface area (Å²) in [6, 6.07) is 15.9. The lowest BCUT2D eigenvalue weighted by atomic mass is 9.72. The number of hydrogen-bond acceptors (Lipinski definition) is 1. The molecule has 3 aromatic carbocycles. The zero-order valence-corrected chi connectivity index (χ0v) is 17.1. The van der Waals surface area contributed by atoms with Gasteiger partial charge in [0.2, 0.25) is 0 Å². The van der Waals surface area contributed by atoms with Gasteiger partial charge in [-0.05, 0) is 65.3 Å². The van der Waals surface area contributed by atoms with Crippen LogP contribution in [0.4, 0.5) is 17.6 Å². The first-order chi connectivity index (χ1) is 14.9. The second-order valence-corrected chi connectivity index (χ2v) is 7.88. The standard InChI is InChI=1S/C26H22F4O/c1-2-5-18-10-13-22-20-7-4-3-6-19(20)11-14-23(22)21(18)12-8-17-9-15-25(24(27)16-17)31-26(28,29)30/h3-4,6-7,9,11,14-16,18,21H,2,5,10,13H2,1H3. The predicted octanol–water partition coefficient (Wildman–Crippen LogP) is 7.38. The molecular formula is C26H22F4O. The van der Waals surface area contributed by atoms with E-state index in [1.54, 1.807) is 0 Å². The van der Waals surface area contributed by atoms with Crippen molar-refractivity contribution in [2.24, 2.45) is 5.92 Å². The summed E-state index contributed by atoms with van der Waals surface area (Å²) in [6.45, 7) is 2.15. The van der Waals surface area contributed by atoms with Gasteiger partial charge >= 0.3 is 6.36 Å². The van der Waals surface area contributed by atoms with Gasteiger partial charge in [0.15, 0.2) is 11.6 Å². The maximum atomic E-state index is 14.1. The molecule has 0 saturated heterocycles. The Bertz CT molecular complexity index is 1150. The Morgan fingerprint density at radius 1 is 1.06 bits per heavy atom. The van der Waals surface area contributed by atoms with Crippen LogP contribution >= 0.6 is 0 Å². The highest BCUT2D eigenvalue weighted by Gasteiger charge is 2.32. The predicted molar refractivity (Wildman–Crippen MR) is 113 cm³/mol. The highest BCUT2D eigenvalue weighted by atomic mass is 19.4. The van der Waals surface area contributed by atoms with E-state index in [1.807, 2.05) is 12.1 Å². The van der Waals surface area contributed by atoms with E-state index in [0.717, 1.165) is 37.8 Å². The molecule has 1 nitrogen and oxygen atoms in total. The maximum Gasteiger partial charge on any atom is 0.573 e. The Morgan fingerprint density at radius 3 is 2.61 bits per heavy atom. The molecule has 31 heavy (non-hydrogen) atoms. The van der Waals surface area contributed by atoms with Crippen LogP contribution in [0.1, 0.15) is 48.8 Å². The summed E-state index contributed by atoms with van der Waals surface area (Å²) in [4.78, 5) is 0. The van der Waals surface area contributed by atoms with E-state index in [2.05, 4.69) is 47.8 Å². The highest BCUT2D eigenvalue weighted by Crippen LogP contribution is 2.41. The molecule has 0 fully saturated rings. The van der Waals surface area contributed by atoms with Crippen LogP contribution in [0.5, 0.6) is 5.75 Å². The van der Waals surface area contributed by atoms with Gasteiger partial charge < -0.3 is 4.74 Å². The van der Waals surface area contributed by atoms with E-state index >= 15 is 0 Å². The van der Waals surface area contributed by atoms with Crippen LogP contribution in [0.2, 0.25) is 0 Å². The molecule has 0 radical (unpaired) electrons. The summed E-state index contributed by atoms with van der Waals surface area (Å²) in [7, 11) is 0. The van der Waals surface area contributed by atoms with E-state index in [4.69, 9.17) is 0 Å². The van der Waals surface area contributed by atoms with E-state index in [-0.39, 0.29) is 5.92 Å².